The molecule has 2 heterocycles. The van der Waals surface area contributed by atoms with E-state index in [0.717, 1.165) is 22.0 Å². The molecule has 0 fully saturated rings. The van der Waals surface area contributed by atoms with E-state index in [2.05, 4.69) is 15.5 Å². The van der Waals surface area contributed by atoms with Crippen molar-refractivity contribution in [3.8, 4) is 5.69 Å². The lowest BCUT2D eigenvalue weighted by molar-refractivity contribution is -0.116. The summed E-state index contributed by atoms with van der Waals surface area (Å²) in [5.41, 5.74) is 1.78. The lowest BCUT2D eigenvalue weighted by Crippen LogP contribution is -2.36. The molecule has 9 heteroatoms. The summed E-state index contributed by atoms with van der Waals surface area (Å²) >= 11 is 9.03. The minimum Gasteiger partial charge on any atom is -0.310 e. The van der Waals surface area contributed by atoms with Gasteiger partial charge in [0.25, 0.3) is 0 Å². The average Bonchev–Trinajstić information content (AvgIpc) is 3.15. The lowest BCUT2D eigenvalue weighted by Gasteiger charge is -2.28. The number of rotatable bonds is 4. The molecule has 1 aliphatic heterocycles. The molecule has 0 aliphatic carbocycles. The van der Waals surface area contributed by atoms with E-state index in [-0.39, 0.29) is 11.7 Å². The van der Waals surface area contributed by atoms with Crippen LogP contribution in [0.15, 0.2) is 58.6 Å². The topological polar surface area (TPSA) is 63.9 Å². The number of carbonyl (C=O) groups is 1. The Hall–Kier alpha value is -2.03. The number of benzene rings is 2. The number of hydrogen-bond donors (Lipinski definition) is 0. The predicted molar refractivity (Wildman–Crippen MR) is 104 cm³/mol. The van der Waals surface area contributed by atoms with Gasteiger partial charge in [-0.05, 0) is 46.8 Å². The lowest BCUT2D eigenvalue weighted by atomic mass is 10.3. The first-order chi connectivity index (χ1) is 12.7. The monoisotopic (exact) mass is 403 g/mol. The first-order valence-corrected chi connectivity index (χ1v) is 10.3. The maximum atomic E-state index is 12.7. The number of hydrogen-bond acceptors (Lipinski definition) is 6. The molecule has 0 saturated carbocycles. The summed E-state index contributed by atoms with van der Waals surface area (Å²) in [5.74, 6) is 1.22. The van der Waals surface area contributed by atoms with Gasteiger partial charge in [-0.25, -0.2) is 0 Å². The third-order valence-electron chi connectivity index (χ3n) is 3.87. The summed E-state index contributed by atoms with van der Waals surface area (Å²) < 4.78 is 1.61. The molecule has 0 atom stereocenters. The Labute approximate surface area is 163 Å². The Balaban J connectivity index is 1.48. The molecule has 0 unspecified atom stereocenters. The fraction of sp³-hybridized carbons (Fsp3) is 0.176. The van der Waals surface area contributed by atoms with Crippen molar-refractivity contribution in [2.75, 3.05) is 23.0 Å². The summed E-state index contributed by atoms with van der Waals surface area (Å²) in [6.07, 6.45) is 0. The standard InChI is InChI=1S/C17H14ClN5OS2/c18-12-5-7-13(8-6-12)23-17(19-20-21-23)26-11-16(24)22-9-10-25-15-4-2-1-3-14(15)22/h1-8H,9-11H2. The van der Waals surface area contributed by atoms with Crippen molar-refractivity contribution in [2.45, 2.75) is 10.1 Å². The minimum atomic E-state index is 0.0495. The van der Waals surface area contributed by atoms with Crippen LogP contribution in [0.1, 0.15) is 0 Å². The molecule has 0 saturated heterocycles. The summed E-state index contributed by atoms with van der Waals surface area (Å²) in [7, 11) is 0. The molecule has 26 heavy (non-hydrogen) atoms. The van der Waals surface area contributed by atoms with E-state index in [1.54, 1.807) is 28.6 Å². The Morgan fingerprint density at radius 2 is 2.00 bits per heavy atom. The van der Waals surface area contributed by atoms with Gasteiger partial charge >= 0.3 is 0 Å². The molecule has 6 nitrogen and oxygen atoms in total. The van der Waals surface area contributed by atoms with Gasteiger partial charge in [-0.15, -0.1) is 16.9 Å². The highest BCUT2D eigenvalue weighted by atomic mass is 35.5. The molecule has 0 spiro atoms. The van der Waals surface area contributed by atoms with Crippen LogP contribution in [0.5, 0.6) is 0 Å². The Morgan fingerprint density at radius 1 is 1.19 bits per heavy atom. The van der Waals surface area contributed by atoms with Gasteiger partial charge in [0, 0.05) is 22.2 Å². The quantitative estimate of drug-likeness (QED) is 0.621. The van der Waals surface area contributed by atoms with E-state index in [9.17, 15) is 4.79 Å². The zero-order chi connectivity index (χ0) is 17.9. The molecule has 0 N–H and O–H groups in total. The molecule has 1 aromatic heterocycles. The van der Waals surface area contributed by atoms with Gasteiger partial charge in [0.15, 0.2) is 0 Å². The fourth-order valence-electron chi connectivity index (χ4n) is 2.65. The number of para-hydroxylation sites is 1. The molecule has 1 aliphatic rings. The third-order valence-corrected chi connectivity index (χ3v) is 6.07. The van der Waals surface area contributed by atoms with Gasteiger partial charge in [0.05, 0.1) is 17.1 Å². The van der Waals surface area contributed by atoms with E-state index in [1.807, 2.05) is 41.3 Å². The Morgan fingerprint density at radius 3 is 2.85 bits per heavy atom. The first-order valence-electron chi connectivity index (χ1n) is 7.92. The summed E-state index contributed by atoms with van der Waals surface area (Å²) in [4.78, 5) is 15.7. The van der Waals surface area contributed by atoms with Crippen LogP contribution < -0.4 is 4.90 Å². The number of nitrogens with zero attached hydrogens (tertiary/aromatic N) is 5. The van der Waals surface area contributed by atoms with Crippen molar-refractivity contribution in [3.63, 3.8) is 0 Å². The van der Waals surface area contributed by atoms with Gasteiger partial charge in [0.1, 0.15) is 0 Å². The number of aromatic nitrogens is 4. The van der Waals surface area contributed by atoms with E-state index in [0.29, 0.717) is 16.7 Å². The molecule has 3 aromatic rings. The van der Waals surface area contributed by atoms with Crippen LogP contribution in [0.3, 0.4) is 0 Å². The number of carbonyl (C=O) groups excluding carboxylic acids is 1. The van der Waals surface area contributed by atoms with Crippen molar-refractivity contribution in [1.29, 1.82) is 0 Å². The molecular formula is C17H14ClN5OS2. The number of anilines is 1. The summed E-state index contributed by atoms with van der Waals surface area (Å²) in [6, 6.07) is 15.2. The normalized spacial score (nSPS) is 13.5. The van der Waals surface area contributed by atoms with Crippen molar-refractivity contribution >= 4 is 46.7 Å². The van der Waals surface area contributed by atoms with E-state index < -0.39 is 0 Å². The minimum absolute atomic E-state index is 0.0495. The van der Waals surface area contributed by atoms with Crippen LogP contribution >= 0.6 is 35.1 Å². The largest absolute Gasteiger partial charge is 0.310 e. The molecule has 4 rings (SSSR count). The highest BCUT2D eigenvalue weighted by Gasteiger charge is 2.23. The smallest absolute Gasteiger partial charge is 0.237 e. The van der Waals surface area contributed by atoms with E-state index >= 15 is 0 Å². The molecular weight excluding hydrogens is 390 g/mol. The van der Waals surface area contributed by atoms with Crippen LogP contribution in [0.4, 0.5) is 5.69 Å². The van der Waals surface area contributed by atoms with Crippen molar-refractivity contribution < 1.29 is 4.79 Å². The molecule has 1 amide bonds. The fourth-order valence-corrected chi connectivity index (χ4v) is 4.53. The number of thioether (sulfide) groups is 2. The molecule has 0 bridgehead atoms. The van der Waals surface area contributed by atoms with Gasteiger partial charge in [-0.3, -0.25) is 4.79 Å². The predicted octanol–water partition coefficient (Wildman–Crippen LogP) is 3.55. The zero-order valence-corrected chi connectivity index (χ0v) is 16.0. The maximum Gasteiger partial charge on any atom is 0.237 e. The first kappa shape index (κ1) is 17.4. The number of halogens is 1. The number of tetrazole rings is 1. The van der Waals surface area contributed by atoms with Gasteiger partial charge in [0.2, 0.25) is 11.1 Å². The second kappa shape index (κ2) is 7.69. The van der Waals surface area contributed by atoms with Crippen LogP contribution in [0, 0.1) is 0 Å². The molecule has 0 radical (unpaired) electrons. The van der Waals surface area contributed by atoms with E-state index in [1.165, 1.54) is 11.8 Å². The van der Waals surface area contributed by atoms with Crippen molar-refractivity contribution in [3.05, 3.63) is 53.6 Å². The van der Waals surface area contributed by atoms with E-state index in [4.69, 9.17) is 11.6 Å². The summed E-state index contributed by atoms with van der Waals surface area (Å²) in [5, 5.41) is 13.0. The molecule has 2 aromatic carbocycles. The van der Waals surface area contributed by atoms with Gasteiger partial charge in [-0.1, -0.05) is 35.5 Å². The summed E-state index contributed by atoms with van der Waals surface area (Å²) in [6.45, 7) is 0.712. The number of fused-ring (bicyclic) bond motifs is 1. The van der Waals surface area contributed by atoms with Crippen LogP contribution in [0.2, 0.25) is 5.02 Å². The zero-order valence-electron chi connectivity index (χ0n) is 13.6. The van der Waals surface area contributed by atoms with Crippen LogP contribution in [-0.2, 0) is 4.79 Å². The van der Waals surface area contributed by atoms with Crippen molar-refractivity contribution in [1.82, 2.24) is 20.2 Å². The Bertz CT molecular complexity index is 931. The van der Waals surface area contributed by atoms with Crippen LogP contribution in [-0.4, -0.2) is 44.2 Å². The molecule has 132 valence electrons. The SMILES string of the molecule is O=C(CSc1nnnn1-c1ccc(Cl)cc1)N1CCSc2ccccc21. The van der Waals surface area contributed by atoms with Gasteiger partial charge in [-0.2, -0.15) is 4.68 Å². The third kappa shape index (κ3) is 3.58. The number of amides is 1. The van der Waals surface area contributed by atoms with Crippen LogP contribution in [0.25, 0.3) is 5.69 Å². The van der Waals surface area contributed by atoms with Gasteiger partial charge < -0.3 is 4.90 Å². The Kier molecular flexibility index (Phi) is 5.14. The maximum absolute atomic E-state index is 12.7. The highest BCUT2D eigenvalue weighted by Crippen LogP contribution is 2.34. The van der Waals surface area contributed by atoms with Crippen molar-refractivity contribution in [2.24, 2.45) is 0 Å². The highest BCUT2D eigenvalue weighted by molar-refractivity contribution is 8.00. The second-order valence-corrected chi connectivity index (χ2v) is 8.02. The average molecular weight is 404 g/mol. The second-order valence-electron chi connectivity index (χ2n) is 5.50.